The Morgan fingerprint density at radius 2 is 0.844 bits per heavy atom. The minimum atomic E-state index is -1.59. The zero-order chi connectivity index (χ0) is 70.3. The molecule has 10 amide bonds. The fraction of sp³-hybridized carbons (Fsp3) is 0.806. The Balaban J connectivity index is 7.41. The van der Waals surface area contributed by atoms with Crippen molar-refractivity contribution in [3.63, 3.8) is 0 Å². The summed E-state index contributed by atoms with van der Waals surface area (Å²) in [5.74, 6) is -8.31. The van der Waals surface area contributed by atoms with Crippen LogP contribution in [0.1, 0.15) is 183 Å². The van der Waals surface area contributed by atoms with E-state index >= 15 is 14.4 Å². The topological polar surface area (TPSA) is 288 Å². The van der Waals surface area contributed by atoms with E-state index in [1.165, 1.54) is 80.5 Å². The van der Waals surface area contributed by atoms with E-state index in [0.717, 1.165) is 4.90 Å². The highest BCUT2D eigenvalue weighted by Gasteiger charge is 2.46. The van der Waals surface area contributed by atoms with Crippen LogP contribution in [0.15, 0.2) is 12.2 Å². The van der Waals surface area contributed by atoms with Crippen molar-refractivity contribution in [3.8, 4) is 0 Å². The standard InChI is InChI=1S/C67H123N11O12/c1-28-30-31-43(15)57(80)56(78(27)67(90)55(42(13)14)77(26)65(88)53(36-45(17)68-21)75(24)62(85)44(16)32-37(3)4)61(84)71-49(29-2)63(86)76(25)52(35-40(9)10)64(87)73(22)51(34-39(7)8)60(83)72-54(41(11)12)66(89)74(23)50(33-38(5)6)59(82)70-47(19)58(81)69-46(18)48(20)79/h28,30,37-47,49-57,68,80H,29,31-36H2,1-27H3,(H,69,81)(H,70,82)(H,71,84)(H,72,83)/b30-28+/t43?,44-,45?,46?,47+,49+,50?,51+,52+,53?,54+,55?,56+,57-/m1/s1. The lowest BCUT2D eigenvalue weighted by atomic mass is 9.91. The number of amides is 10. The SMILES string of the molecule is C/C=C/CC(C)[C@@H](O)[C@@H](C(=O)N[C@@H](CC)C(=O)N(C)[C@@H](CC(C)C)C(=O)N(C)[C@@H](CC(C)C)C(=O)N[C@H](C(=O)N(C)C(CC(C)C)C(=O)N[C@@H](C)C(=O)NC(C)C(C)=O)C(C)C)N(C)C(=O)C(C(C)C)N(C)C(=O)C(CC(C)NC)N(C)C(=O)[C@H](C)CC(C)C. The number of ketones is 1. The molecule has 0 bridgehead atoms. The summed E-state index contributed by atoms with van der Waals surface area (Å²) in [5.41, 5.74) is 0. The number of hydrogen-bond donors (Lipinski definition) is 6. The van der Waals surface area contributed by atoms with Crippen LogP contribution in [-0.4, -0.2) is 221 Å². The molecule has 6 unspecified atom stereocenters. The molecule has 0 aliphatic carbocycles. The molecule has 0 fully saturated rings. The van der Waals surface area contributed by atoms with Gasteiger partial charge in [-0.3, -0.25) is 52.7 Å². The first-order valence-electron chi connectivity index (χ1n) is 32.8. The van der Waals surface area contributed by atoms with Crippen molar-refractivity contribution in [1.29, 1.82) is 0 Å². The summed E-state index contributed by atoms with van der Waals surface area (Å²) in [6, 6.07) is -11.6. The maximum absolute atomic E-state index is 15.1. The normalized spacial score (nSPS) is 16.6. The number of nitrogens with one attached hydrogen (secondary N) is 5. The highest BCUT2D eigenvalue weighted by molar-refractivity contribution is 5.99. The first-order valence-corrected chi connectivity index (χ1v) is 32.8. The summed E-state index contributed by atoms with van der Waals surface area (Å²) < 4.78 is 0. The maximum Gasteiger partial charge on any atom is 0.246 e. The summed E-state index contributed by atoms with van der Waals surface area (Å²) in [7, 11) is 10.6. The minimum Gasteiger partial charge on any atom is -0.390 e. The molecule has 0 aromatic rings. The molecule has 0 aromatic heterocycles. The fourth-order valence-electron chi connectivity index (χ4n) is 11.1. The van der Waals surface area contributed by atoms with Crippen LogP contribution in [0.25, 0.3) is 0 Å². The Hall–Kier alpha value is -5.97. The molecule has 0 saturated heterocycles. The average molecular weight is 1270 g/mol. The van der Waals surface area contributed by atoms with Crippen molar-refractivity contribution in [2.75, 3.05) is 49.3 Å². The van der Waals surface area contributed by atoms with Gasteiger partial charge >= 0.3 is 0 Å². The number of aliphatic hydroxyl groups is 1. The minimum absolute atomic E-state index is 0.0220. The van der Waals surface area contributed by atoms with E-state index in [9.17, 15) is 43.5 Å². The van der Waals surface area contributed by atoms with Crippen molar-refractivity contribution in [1.82, 2.24) is 56.0 Å². The van der Waals surface area contributed by atoms with E-state index in [0.29, 0.717) is 12.8 Å². The number of likely N-dealkylation sites (N-methyl/N-ethyl adjacent to an activating group) is 6. The third-order valence-corrected chi connectivity index (χ3v) is 17.1. The zero-order valence-electron chi connectivity index (χ0n) is 60.3. The number of Topliss-reactive ketones (excluding diaryl/α,β-unsaturated/α-hetero) is 1. The van der Waals surface area contributed by atoms with Gasteiger partial charge in [-0.1, -0.05) is 116 Å². The molecule has 0 aliphatic rings. The van der Waals surface area contributed by atoms with Gasteiger partial charge in [0.25, 0.3) is 0 Å². The summed E-state index contributed by atoms with van der Waals surface area (Å²) in [6.45, 7) is 35.6. The lowest BCUT2D eigenvalue weighted by molar-refractivity contribution is -0.156. The first kappa shape index (κ1) is 84.0. The Morgan fingerprint density at radius 1 is 0.433 bits per heavy atom. The molecule has 23 nitrogen and oxygen atoms in total. The van der Waals surface area contributed by atoms with Crippen LogP contribution in [0.4, 0.5) is 0 Å². The number of nitrogens with zero attached hydrogens (tertiary/aromatic N) is 6. The summed E-state index contributed by atoms with van der Waals surface area (Å²) >= 11 is 0. The summed E-state index contributed by atoms with van der Waals surface area (Å²) in [6.07, 6.45) is 3.84. The zero-order valence-corrected chi connectivity index (χ0v) is 60.3. The number of carbonyl (C=O) groups excluding carboxylic acids is 11. The highest BCUT2D eigenvalue weighted by atomic mass is 16.3. The molecule has 6 N–H and O–H groups in total. The lowest BCUT2D eigenvalue weighted by Gasteiger charge is -2.41. The van der Waals surface area contributed by atoms with Gasteiger partial charge in [-0.2, -0.15) is 0 Å². The second kappa shape index (κ2) is 39.4. The van der Waals surface area contributed by atoms with Gasteiger partial charge in [0.2, 0.25) is 59.1 Å². The van der Waals surface area contributed by atoms with Crippen LogP contribution >= 0.6 is 0 Å². The Bertz CT molecular complexity index is 2400. The Morgan fingerprint density at radius 3 is 1.28 bits per heavy atom. The summed E-state index contributed by atoms with van der Waals surface area (Å²) in [5, 5.41) is 26.3. The number of carbonyl (C=O) groups is 11. The molecule has 518 valence electrons. The van der Waals surface area contributed by atoms with Crippen LogP contribution in [0.2, 0.25) is 0 Å². The molecular weight excluding hydrogens is 1150 g/mol. The van der Waals surface area contributed by atoms with Crippen molar-refractivity contribution in [2.24, 2.45) is 47.3 Å². The van der Waals surface area contributed by atoms with E-state index in [1.54, 1.807) is 61.7 Å². The van der Waals surface area contributed by atoms with Crippen molar-refractivity contribution in [2.45, 2.75) is 256 Å². The van der Waals surface area contributed by atoms with Crippen molar-refractivity contribution >= 4 is 64.9 Å². The van der Waals surface area contributed by atoms with Crippen molar-refractivity contribution in [3.05, 3.63) is 12.2 Å². The van der Waals surface area contributed by atoms with Crippen LogP contribution in [0, 0.1) is 47.3 Å². The lowest BCUT2D eigenvalue weighted by Crippen LogP contribution is -2.64. The van der Waals surface area contributed by atoms with Crippen LogP contribution in [0.3, 0.4) is 0 Å². The predicted octanol–water partition coefficient (Wildman–Crippen LogP) is 5.02. The quantitative estimate of drug-likeness (QED) is 0.0442. The van der Waals surface area contributed by atoms with Gasteiger partial charge in [-0.25, -0.2) is 0 Å². The van der Waals surface area contributed by atoms with E-state index in [4.69, 9.17) is 0 Å². The number of aliphatic hydroxyl groups excluding tert-OH is 1. The molecular formula is C67H123N11O12. The number of hydrogen-bond acceptors (Lipinski definition) is 13. The molecule has 0 spiro atoms. The van der Waals surface area contributed by atoms with Gasteiger partial charge in [0.1, 0.15) is 54.4 Å². The third kappa shape index (κ3) is 25.3. The largest absolute Gasteiger partial charge is 0.390 e. The monoisotopic (exact) mass is 1270 g/mol. The maximum atomic E-state index is 15.1. The smallest absolute Gasteiger partial charge is 0.246 e. The molecule has 14 atom stereocenters. The van der Waals surface area contributed by atoms with E-state index < -0.39 is 137 Å². The van der Waals surface area contributed by atoms with Crippen molar-refractivity contribution < 1.29 is 57.8 Å². The summed E-state index contributed by atoms with van der Waals surface area (Å²) in [4.78, 5) is 165. The van der Waals surface area contributed by atoms with Gasteiger partial charge < -0.3 is 61.1 Å². The van der Waals surface area contributed by atoms with Gasteiger partial charge in [-0.05, 0) is 128 Å². The molecule has 0 heterocycles. The fourth-order valence-corrected chi connectivity index (χ4v) is 11.1. The third-order valence-electron chi connectivity index (χ3n) is 17.1. The van der Waals surface area contributed by atoms with Crippen LogP contribution in [0.5, 0.6) is 0 Å². The van der Waals surface area contributed by atoms with Gasteiger partial charge in [0.15, 0.2) is 5.78 Å². The molecule has 0 saturated carbocycles. The van der Waals surface area contributed by atoms with Crippen LogP contribution in [-0.2, 0) is 52.7 Å². The van der Waals surface area contributed by atoms with Gasteiger partial charge in [-0.15, -0.1) is 0 Å². The molecule has 0 radical (unpaired) electrons. The van der Waals surface area contributed by atoms with Crippen LogP contribution < -0.4 is 26.6 Å². The van der Waals surface area contributed by atoms with E-state index in [1.807, 2.05) is 82.2 Å². The molecule has 0 rings (SSSR count). The van der Waals surface area contributed by atoms with Gasteiger partial charge in [0.05, 0.1) is 12.1 Å². The molecule has 90 heavy (non-hydrogen) atoms. The van der Waals surface area contributed by atoms with Gasteiger partial charge in [0, 0.05) is 54.2 Å². The Labute approximate surface area is 541 Å². The Kier molecular flexibility index (Phi) is 36.8. The molecule has 0 aliphatic heterocycles. The van der Waals surface area contributed by atoms with E-state index in [2.05, 4.69) is 26.6 Å². The average Bonchev–Trinajstić information content (AvgIpc) is 1.05. The highest BCUT2D eigenvalue weighted by Crippen LogP contribution is 2.26. The second-order valence-electron chi connectivity index (χ2n) is 27.8. The second-order valence-corrected chi connectivity index (χ2v) is 27.8. The first-order chi connectivity index (χ1) is 41.5. The molecule has 0 aromatic carbocycles. The number of rotatable bonds is 39. The number of allylic oxidation sites excluding steroid dienone is 2. The predicted molar refractivity (Wildman–Crippen MR) is 354 cm³/mol. The van der Waals surface area contributed by atoms with E-state index in [-0.39, 0.29) is 79.4 Å². The molecule has 23 heteroatoms.